The molecule has 2 aliphatic carbocycles. The molecule has 0 saturated heterocycles. The molecule has 2 saturated carbocycles. The van der Waals surface area contributed by atoms with Crippen LogP contribution in [0.2, 0.25) is 0 Å². The first-order valence-corrected chi connectivity index (χ1v) is 9.66. The summed E-state index contributed by atoms with van der Waals surface area (Å²) in [4.78, 5) is 0. The summed E-state index contributed by atoms with van der Waals surface area (Å²) in [6.45, 7) is 14.7. The average molecular weight is 293 g/mol. The first kappa shape index (κ1) is 17.4. The summed E-state index contributed by atoms with van der Waals surface area (Å²) in [5.74, 6) is 4.01. The predicted molar refractivity (Wildman–Crippen MR) is 94.4 cm³/mol. The number of rotatable bonds is 2. The Morgan fingerprint density at radius 2 is 1.00 bits per heavy atom. The number of hydrogen-bond donors (Lipinski definition) is 0. The normalized spacial score (nSPS) is 35.7. The molecule has 0 bridgehead atoms. The molecule has 0 amide bonds. The molecule has 0 N–H and O–H groups in total. The Labute approximate surface area is 134 Å². The van der Waals surface area contributed by atoms with Crippen molar-refractivity contribution in [3.8, 4) is 0 Å². The molecule has 4 unspecified atom stereocenters. The summed E-state index contributed by atoms with van der Waals surface area (Å²) in [6.07, 6.45) is 13.5. The molecular weight excluding hydrogens is 252 g/mol. The third-order valence-corrected chi connectivity index (χ3v) is 6.68. The van der Waals surface area contributed by atoms with Crippen LogP contribution in [-0.4, -0.2) is 0 Å². The van der Waals surface area contributed by atoms with Gasteiger partial charge in [-0.05, 0) is 66.6 Å². The van der Waals surface area contributed by atoms with E-state index in [0.717, 1.165) is 23.7 Å². The van der Waals surface area contributed by atoms with Crippen molar-refractivity contribution in [1.29, 1.82) is 0 Å². The highest BCUT2D eigenvalue weighted by Gasteiger charge is 2.34. The summed E-state index contributed by atoms with van der Waals surface area (Å²) >= 11 is 0. The van der Waals surface area contributed by atoms with Gasteiger partial charge in [-0.3, -0.25) is 0 Å². The molecule has 2 fully saturated rings. The molecular formula is C21H40. The lowest BCUT2D eigenvalue weighted by Gasteiger charge is -2.41. The minimum Gasteiger partial charge on any atom is -0.0599 e. The molecule has 124 valence electrons. The van der Waals surface area contributed by atoms with Crippen molar-refractivity contribution in [3.63, 3.8) is 0 Å². The zero-order chi connectivity index (χ0) is 15.7. The van der Waals surface area contributed by atoms with Crippen molar-refractivity contribution in [1.82, 2.24) is 0 Å². The molecule has 0 aromatic carbocycles. The second-order valence-electron chi connectivity index (χ2n) is 10.4. The van der Waals surface area contributed by atoms with Gasteiger partial charge in [-0.2, -0.15) is 0 Å². The smallest absolute Gasteiger partial charge is 0.0354 e. The second kappa shape index (κ2) is 6.63. The monoisotopic (exact) mass is 292 g/mol. The lowest BCUT2D eigenvalue weighted by molar-refractivity contribution is 0.0959. The third-order valence-electron chi connectivity index (χ3n) is 6.68. The Morgan fingerprint density at radius 1 is 0.619 bits per heavy atom. The minimum atomic E-state index is 0.527. The first-order chi connectivity index (χ1) is 9.66. The van der Waals surface area contributed by atoms with Crippen LogP contribution >= 0.6 is 0 Å². The maximum absolute atomic E-state index is 2.45. The van der Waals surface area contributed by atoms with Gasteiger partial charge in [0.1, 0.15) is 0 Å². The largest absolute Gasteiger partial charge is 0.0599 e. The summed E-state index contributed by atoms with van der Waals surface area (Å²) in [5.41, 5.74) is 1.05. The van der Waals surface area contributed by atoms with Gasteiger partial charge in [0.25, 0.3) is 0 Å². The van der Waals surface area contributed by atoms with Crippen LogP contribution in [-0.2, 0) is 0 Å². The number of hydrogen-bond acceptors (Lipinski definition) is 0. The molecule has 0 heterocycles. The van der Waals surface area contributed by atoms with Gasteiger partial charge in [0.15, 0.2) is 0 Å². The van der Waals surface area contributed by atoms with Crippen LogP contribution in [0.3, 0.4) is 0 Å². The van der Waals surface area contributed by atoms with Crippen molar-refractivity contribution in [2.24, 2.45) is 34.5 Å². The van der Waals surface area contributed by atoms with E-state index in [4.69, 9.17) is 0 Å². The minimum absolute atomic E-state index is 0.527. The molecule has 0 aromatic heterocycles. The molecule has 0 heteroatoms. The SMILES string of the molecule is CC(C)(C)C1CCCC(CC2CCCC(C(C)(C)C)C2)C1. The zero-order valence-corrected chi connectivity index (χ0v) is 15.7. The predicted octanol–water partition coefficient (Wildman–Crippen LogP) is 7.08. The Morgan fingerprint density at radius 3 is 1.33 bits per heavy atom. The Hall–Kier alpha value is 0. The fourth-order valence-electron chi connectivity index (χ4n) is 5.05. The van der Waals surface area contributed by atoms with Crippen molar-refractivity contribution in [3.05, 3.63) is 0 Å². The molecule has 21 heavy (non-hydrogen) atoms. The highest BCUT2D eigenvalue weighted by Crippen LogP contribution is 2.46. The van der Waals surface area contributed by atoms with Gasteiger partial charge in [0, 0.05) is 0 Å². The van der Waals surface area contributed by atoms with Crippen LogP contribution in [0.15, 0.2) is 0 Å². The third kappa shape index (κ3) is 5.00. The van der Waals surface area contributed by atoms with Gasteiger partial charge in [0.05, 0.1) is 0 Å². The fourth-order valence-corrected chi connectivity index (χ4v) is 5.05. The van der Waals surface area contributed by atoms with Gasteiger partial charge >= 0.3 is 0 Å². The van der Waals surface area contributed by atoms with Crippen molar-refractivity contribution >= 4 is 0 Å². The maximum atomic E-state index is 2.45. The Kier molecular flexibility index (Phi) is 5.48. The molecule has 0 aliphatic heterocycles. The standard InChI is InChI=1S/C21H40/c1-20(2,3)18-11-7-9-16(14-18)13-17-10-8-12-19(15-17)21(4,5)6/h16-19H,7-15H2,1-6H3. The van der Waals surface area contributed by atoms with E-state index in [1.165, 1.54) is 51.4 Å². The van der Waals surface area contributed by atoms with Gasteiger partial charge < -0.3 is 0 Å². The quantitative estimate of drug-likeness (QED) is 0.510. The Balaban J connectivity index is 1.86. The topological polar surface area (TPSA) is 0 Å². The molecule has 2 rings (SSSR count). The van der Waals surface area contributed by atoms with E-state index in [1.807, 2.05) is 0 Å². The van der Waals surface area contributed by atoms with Crippen LogP contribution in [0.25, 0.3) is 0 Å². The van der Waals surface area contributed by atoms with Gasteiger partial charge in [0.2, 0.25) is 0 Å². The van der Waals surface area contributed by atoms with Gasteiger partial charge in [-0.1, -0.05) is 67.2 Å². The van der Waals surface area contributed by atoms with E-state index in [2.05, 4.69) is 41.5 Å². The van der Waals surface area contributed by atoms with E-state index >= 15 is 0 Å². The molecule has 0 radical (unpaired) electrons. The summed E-state index contributed by atoms with van der Waals surface area (Å²) in [6, 6.07) is 0. The highest BCUT2D eigenvalue weighted by molar-refractivity contribution is 4.85. The van der Waals surface area contributed by atoms with E-state index < -0.39 is 0 Å². The van der Waals surface area contributed by atoms with Crippen LogP contribution in [0, 0.1) is 34.5 Å². The van der Waals surface area contributed by atoms with E-state index in [-0.39, 0.29) is 0 Å². The fraction of sp³-hybridized carbons (Fsp3) is 1.00. The first-order valence-electron chi connectivity index (χ1n) is 9.66. The summed E-state index contributed by atoms with van der Waals surface area (Å²) < 4.78 is 0. The van der Waals surface area contributed by atoms with E-state index in [9.17, 15) is 0 Å². The Bertz CT molecular complexity index is 282. The summed E-state index contributed by atoms with van der Waals surface area (Å²) in [7, 11) is 0. The highest BCUT2D eigenvalue weighted by atomic mass is 14.4. The maximum Gasteiger partial charge on any atom is -0.0354 e. The average Bonchev–Trinajstić information content (AvgIpc) is 2.37. The molecule has 0 nitrogen and oxygen atoms in total. The van der Waals surface area contributed by atoms with Crippen LogP contribution in [0.5, 0.6) is 0 Å². The van der Waals surface area contributed by atoms with Crippen LogP contribution in [0.4, 0.5) is 0 Å². The van der Waals surface area contributed by atoms with E-state index in [1.54, 1.807) is 6.42 Å². The van der Waals surface area contributed by atoms with Crippen LogP contribution < -0.4 is 0 Å². The van der Waals surface area contributed by atoms with Crippen LogP contribution in [0.1, 0.15) is 99.3 Å². The van der Waals surface area contributed by atoms with Gasteiger partial charge in [-0.15, -0.1) is 0 Å². The van der Waals surface area contributed by atoms with Gasteiger partial charge in [-0.25, -0.2) is 0 Å². The lowest BCUT2D eigenvalue weighted by atomic mass is 9.64. The summed E-state index contributed by atoms with van der Waals surface area (Å²) in [5, 5.41) is 0. The van der Waals surface area contributed by atoms with Crippen molar-refractivity contribution in [2.75, 3.05) is 0 Å². The zero-order valence-electron chi connectivity index (χ0n) is 15.7. The van der Waals surface area contributed by atoms with Crippen molar-refractivity contribution < 1.29 is 0 Å². The second-order valence-corrected chi connectivity index (χ2v) is 10.4. The molecule has 2 aliphatic rings. The molecule has 0 spiro atoms. The lowest BCUT2D eigenvalue weighted by Crippen LogP contribution is -2.30. The van der Waals surface area contributed by atoms with E-state index in [0.29, 0.717) is 10.8 Å². The molecule has 0 aromatic rings. The van der Waals surface area contributed by atoms with Crippen molar-refractivity contribution in [2.45, 2.75) is 99.3 Å². The molecule has 4 atom stereocenters.